The normalized spacial score (nSPS) is 11.0. The number of hydrogen-bond donors (Lipinski definition) is 0. The number of carbonyl (C=O) groups is 1. The number of benzene rings is 2. The SMILES string of the molecule is Cc1cc(C(=O)Cn2nnc(-c3ccccc3)n2)c(C)n1-c1ccc(Cl)cc1. The Morgan fingerprint density at radius 1 is 1.04 bits per heavy atom. The molecule has 0 fully saturated rings. The summed E-state index contributed by atoms with van der Waals surface area (Å²) in [5.74, 6) is 0.436. The molecule has 0 aliphatic carbocycles. The summed E-state index contributed by atoms with van der Waals surface area (Å²) in [7, 11) is 0. The molecule has 0 bridgehead atoms. The predicted octanol–water partition coefficient (Wildman–Crippen LogP) is 4.28. The Balaban J connectivity index is 1.59. The van der Waals surface area contributed by atoms with Crippen LogP contribution in [0.2, 0.25) is 5.02 Å². The number of aromatic nitrogens is 5. The Morgan fingerprint density at radius 2 is 1.75 bits per heavy atom. The zero-order valence-corrected chi connectivity index (χ0v) is 16.3. The Bertz CT molecular complexity index is 1130. The summed E-state index contributed by atoms with van der Waals surface area (Å²) in [5, 5.41) is 13.1. The number of aryl methyl sites for hydroxylation is 1. The zero-order chi connectivity index (χ0) is 19.7. The molecule has 2 aromatic heterocycles. The first-order valence-corrected chi connectivity index (χ1v) is 9.22. The summed E-state index contributed by atoms with van der Waals surface area (Å²) < 4.78 is 2.04. The number of hydrogen-bond acceptors (Lipinski definition) is 4. The highest BCUT2D eigenvalue weighted by Crippen LogP contribution is 2.23. The van der Waals surface area contributed by atoms with Crippen molar-refractivity contribution < 1.29 is 4.79 Å². The summed E-state index contributed by atoms with van der Waals surface area (Å²) in [6, 6.07) is 19.0. The van der Waals surface area contributed by atoms with Crippen LogP contribution in [0.1, 0.15) is 21.7 Å². The molecule has 0 N–H and O–H groups in total. The fraction of sp³-hybridized carbons (Fsp3) is 0.143. The molecule has 0 radical (unpaired) electrons. The van der Waals surface area contributed by atoms with E-state index >= 15 is 0 Å². The minimum Gasteiger partial charge on any atom is -0.318 e. The summed E-state index contributed by atoms with van der Waals surface area (Å²) in [4.78, 5) is 14.2. The minimum atomic E-state index is -0.0645. The third kappa shape index (κ3) is 3.46. The molecule has 2 heterocycles. The second kappa shape index (κ2) is 7.40. The van der Waals surface area contributed by atoms with Gasteiger partial charge >= 0.3 is 0 Å². The van der Waals surface area contributed by atoms with E-state index < -0.39 is 0 Å². The molecule has 6 nitrogen and oxygen atoms in total. The fourth-order valence-electron chi connectivity index (χ4n) is 3.26. The lowest BCUT2D eigenvalue weighted by Crippen LogP contribution is -2.14. The van der Waals surface area contributed by atoms with E-state index in [1.807, 2.05) is 79.1 Å². The number of halogens is 1. The van der Waals surface area contributed by atoms with Gasteiger partial charge in [-0.2, -0.15) is 4.80 Å². The van der Waals surface area contributed by atoms with E-state index in [1.165, 1.54) is 4.80 Å². The summed E-state index contributed by atoms with van der Waals surface area (Å²) in [6.07, 6.45) is 0. The number of carbonyl (C=O) groups excluding carboxylic acids is 1. The van der Waals surface area contributed by atoms with Crippen LogP contribution in [0.5, 0.6) is 0 Å². The van der Waals surface area contributed by atoms with Gasteiger partial charge in [0, 0.05) is 33.2 Å². The van der Waals surface area contributed by atoms with Gasteiger partial charge in [0.1, 0.15) is 6.54 Å². The summed E-state index contributed by atoms with van der Waals surface area (Å²) in [6.45, 7) is 3.93. The average molecular weight is 392 g/mol. The van der Waals surface area contributed by atoms with Crippen LogP contribution >= 0.6 is 11.6 Å². The highest BCUT2D eigenvalue weighted by molar-refractivity contribution is 6.30. The molecule has 2 aromatic carbocycles. The van der Waals surface area contributed by atoms with E-state index in [0.29, 0.717) is 16.4 Å². The van der Waals surface area contributed by atoms with Crippen LogP contribution in [0.3, 0.4) is 0 Å². The molecular formula is C21H18ClN5O. The van der Waals surface area contributed by atoms with Crippen LogP contribution in [-0.2, 0) is 6.54 Å². The van der Waals surface area contributed by atoms with Gasteiger partial charge in [0.25, 0.3) is 0 Å². The molecular weight excluding hydrogens is 374 g/mol. The van der Waals surface area contributed by atoms with E-state index in [-0.39, 0.29) is 12.3 Å². The zero-order valence-electron chi connectivity index (χ0n) is 15.5. The molecule has 4 aromatic rings. The standard InChI is InChI=1S/C21H18ClN5O/c1-14-12-19(15(2)27(14)18-10-8-17(22)9-11-18)20(28)13-26-24-21(23-25-26)16-6-4-3-5-7-16/h3-12H,13H2,1-2H3. The van der Waals surface area contributed by atoms with Gasteiger partial charge in [-0.25, -0.2) is 0 Å². The van der Waals surface area contributed by atoms with Gasteiger partial charge in [0.2, 0.25) is 5.82 Å². The molecule has 140 valence electrons. The topological polar surface area (TPSA) is 65.6 Å². The minimum absolute atomic E-state index is 0.0325. The number of ketones is 1. The van der Waals surface area contributed by atoms with Crippen LogP contribution in [0.15, 0.2) is 60.7 Å². The van der Waals surface area contributed by atoms with Crippen molar-refractivity contribution in [2.45, 2.75) is 20.4 Å². The molecule has 0 saturated carbocycles. The molecule has 0 saturated heterocycles. The van der Waals surface area contributed by atoms with Crippen molar-refractivity contribution in [2.75, 3.05) is 0 Å². The Kier molecular flexibility index (Phi) is 4.79. The number of rotatable bonds is 5. The maximum absolute atomic E-state index is 12.9. The van der Waals surface area contributed by atoms with Crippen molar-refractivity contribution in [3.8, 4) is 17.1 Å². The predicted molar refractivity (Wildman–Crippen MR) is 108 cm³/mol. The van der Waals surface area contributed by atoms with Gasteiger partial charge < -0.3 is 4.57 Å². The van der Waals surface area contributed by atoms with Gasteiger partial charge in [-0.3, -0.25) is 4.79 Å². The number of Topliss-reactive ketones (excluding diaryl/α,β-unsaturated/α-hetero) is 1. The maximum atomic E-state index is 12.9. The number of nitrogens with zero attached hydrogens (tertiary/aromatic N) is 5. The second-order valence-electron chi connectivity index (χ2n) is 6.53. The molecule has 0 unspecified atom stereocenters. The lowest BCUT2D eigenvalue weighted by molar-refractivity contribution is 0.0961. The molecule has 0 atom stereocenters. The highest BCUT2D eigenvalue weighted by Gasteiger charge is 2.18. The highest BCUT2D eigenvalue weighted by atomic mass is 35.5. The molecule has 0 aliphatic rings. The van der Waals surface area contributed by atoms with E-state index in [2.05, 4.69) is 15.4 Å². The molecule has 0 amide bonds. The molecule has 0 aliphatic heterocycles. The molecule has 4 rings (SSSR count). The maximum Gasteiger partial charge on any atom is 0.204 e. The lowest BCUT2D eigenvalue weighted by atomic mass is 10.1. The third-order valence-electron chi connectivity index (χ3n) is 4.59. The van der Waals surface area contributed by atoms with Crippen LogP contribution in [0, 0.1) is 13.8 Å². The molecule has 28 heavy (non-hydrogen) atoms. The fourth-order valence-corrected chi connectivity index (χ4v) is 3.39. The van der Waals surface area contributed by atoms with Gasteiger partial charge in [-0.15, -0.1) is 10.2 Å². The first-order chi connectivity index (χ1) is 13.5. The van der Waals surface area contributed by atoms with Gasteiger partial charge in [0.05, 0.1) is 0 Å². The lowest BCUT2D eigenvalue weighted by Gasteiger charge is -2.10. The van der Waals surface area contributed by atoms with Crippen LogP contribution in [-0.4, -0.2) is 30.6 Å². The Labute approximate surface area is 167 Å². The van der Waals surface area contributed by atoms with E-state index in [4.69, 9.17) is 11.6 Å². The number of tetrazole rings is 1. The largest absolute Gasteiger partial charge is 0.318 e. The van der Waals surface area contributed by atoms with Crippen LogP contribution in [0.25, 0.3) is 17.1 Å². The van der Waals surface area contributed by atoms with Crippen LogP contribution < -0.4 is 0 Å². The first-order valence-electron chi connectivity index (χ1n) is 8.84. The third-order valence-corrected chi connectivity index (χ3v) is 4.84. The quantitative estimate of drug-likeness (QED) is 0.476. The first kappa shape index (κ1) is 18.1. The van der Waals surface area contributed by atoms with Crippen molar-refractivity contribution in [1.82, 2.24) is 24.8 Å². The molecule has 7 heteroatoms. The van der Waals surface area contributed by atoms with Crippen molar-refractivity contribution >= 4 is 17.4 Å². The smallest absolute Gasteiger partial charge is 0.204 e. The van der Waals surface area contributed by atoms with Crippen molar-refractivity contribution in [1.29, 1.82) is 0 Å². The van der Waals surface area contributed by atoms with Gasteiger partial charge in [0.15, 0.2) is 5.78 Å². The molecule has 0 spiro atoms. The van der Waals surface area contributed by atoms with E-state index in [9.17, 15) is 4.79 Å². The Hall–Kier alpha value is -3.25. The van der Waals surface area contributed by atoms with E-state index in [1.54, 1.807) is 0 Å². The van der Waals surface area contributed by atoms with Gasteiger partial charge in [-0.05, 0) is 49.4 Å². The van der Waals surface area contributed by atoms with E-state index in [0.717, 1.165) is 22.6 Å². The monoisotopic (exact) mass is 391 g/mol. The van der Waals surface area contributed by atoms with Crippen molar-refractivity contribution in [3.05, 3.63) is 82.6 Å². The Morgan fingerprint density at radius 3 is 2.46 bits per heavy atom. The summed E-state index contributed by atoms with van der Waals surface area (Å²) >= 11 is 5.98. The second-order valence-corrected chi connectivity index (χ2v) is 6.97. The van der Waals surface area contributed by atoms with Gasteiger partial charge in [-0.1, -0.05) is 41.9 Å². The summed E-state index contributed by atoms with van der Waals surface area (Å²) in [5.41, 5.74) is 4.31. The average Bonchev–Trinajstić information content (AvgIpc) is 3.28. The van der Waals surface area contributed by atoms with Crippen LogP contribution in [0.4, 0.5) is 0 Å². The van der Waals surface area contributed by atoms with Crippen molar-refractivity contribution in [2.24, 2.45) is 0 Å². The van der Waals surface area contributed by atoms with Crippen molar-refractivity contribution in [3.63, 3.8) is 0 Å².